The highest BCUT2D eigenvalue weighted by Gasteiger charge is 2.42. The van der Waals surface area contributed by atoms with Crippen molar-refractivity contribution in [3.8, 4) is 0 Å². The number of ether oxygens (including phenoxy) is 2. The van der Waals surface area contributed by atoms with Gasteiger partial charge in [0.05, 0.1) is 18.3 Å². The summed E-state index contributed by atoms with van der Waals surface area (Å²) in [5.74, 6) is 0.647. The molecule has 2 heterocycles. The molecule has 3 heteroatoms. The lowest BCUT2D eigenvalue weighted by Crippen LogP contribution is -2.44. The molecule has 21 heavy (non-hydrogen) atoms. The van der Waals surface area contributed by atoms with Gasteiger partial charge in [-0.3, -0.25) is 0 Å². The minimum absolute atomic E-state index is 0.269. The third-order valence-electron chi connectivity index (χ3n) is 5.80. The first kappa shape index (κ1) is 15.8. The van der Waals surface area contributed by atoms with Crippen molar-refractivity contribution in [1.29, 1.82) is 0 Å². The second kappa shape index (κ2) is 7.43. The number of hydrogen-bond donors (Lipinski definition) is 1. The van der Waals surface area contributed by atoms with Crippen molar-refractivity contribution in [3.05, 3.63) is 0 Å². The smallest absolute Gasteiger partial charge is 0.0687 e. The van der Waals surface area contributed by atoms with E-state index in [0.29, 0.717) is 18.1 Å². The van der Waals surface area contributed by atoms with Gasteiger partial charge in [-0.25, -0.2) is 0 Å². The Morgan fingerprint density at radius 1 is 1.10 bits per heavy atom. The van der Waals surface area contributed by atoms with E-state index in [1.165, 1.54) is 64.2 Å². The summed E-state index contributed by atoms with van der Waals surface area (Å²) in [6, 6.07) is 0.644. The SMILES string of the molecule is CCCNC1CCOCC1CC1CCC2(CCCCC2)O1. The summed E-state index contributed by atoms with van der Waals surface area (Å²) in [7, 11) is 0. The monoisotopic (exact) mass is 295 g/mol. The Morgan fingerprint density at radius 2 is 1.95 bits per heavy atom. The minimum atomic E-state index is 0.269. The fourth-order valence-electron chi connectivity index (χ4n) is 4.59. The maximum absolute atomic E-state index is 6.56. The summed E-state index contributed by atoms with van der Waals surface area (Å²) < 4.78 is 12.3. The zero-order valence-corrected chi connectivity index (χ0v) is 13.7. The predicted octanol–water partition coefficient (Wildman–Crippen LogP) is 3.66. The molecule has 0 aromatic rings. The molecular weight excluding hydrogens is 262 g/mol. The number of nitrogens with one attached hydrogen (secondary N) is 1. The Kier molecular flexibility index (Phi) is 5.58. The highest BCUT2D eigenvalue weighted by molar-refractivity contribution is 4.93. The molecule has 0 amide bonds. The van der Waals surface area contributed by atoms with E-state index in [0.717, 1.165) is 19.8 Å². The zero-order valence-electron chi connectivity index (χ0n) is 13.7. The van der Waals surface area contributed by atoms with Crippen molar-refractivity contribution in [2.75, 3.05) is 19.8 Å². The molecule has 0 aromatic heterocycles. The van der Waals surface area contributed by atoms with Crippen LogP contribution < -0.4 is 5.32 Å². The molecule has 3 aliphatic rings. The highest BCUT2D eigenvalue weighted by atomic mass is 16.5. The van der Waals surface area contributed by atoms with Gasteiger partial charge in [-0.1, -0.05) is 26.2 Å². The average Bonchev–Trinajstić information content (AvgIpc) is 2.89. The first-order valence-corrected chi connectivity index (χ1v) is 9.30. The summed E-state index contributed by atoms with van der Waals surface area (Å²) in [6.45, 7) is 5.23. The largest absolute Gasteiger partial charge is 0.381 e. The minimum Gasteiger partial charge on any atom is -0.381 e. The van der Waals surface area contributed by atoms with Gasteiger partial charge in [0, 0.05) is 18.6 Å². The van der Waals surface area contributed by atoms with E-state index >= 15 is 0 Å². The summed E-state index contributed by atoms with van der Waals surface area (Å²) in [5, 5.41) is 3.73. The van der Waals surface area contributed by atoms with E-state index in [9.17, 15) is 0 Å². The van der Waals surface area contributed by atoms with Gasteiger partial charge in [0.15, 0.2) is 0 Å². The molecule has 3 unspecified atom stereocenters. The van der Waals surface area contributed by atoms with Crippen molar-refractivity contribution in [2.24, 2.45) is 5.92 Å². The highest BCUT2D eigenvalue weighted by Crippen LogP contribution is 2.43. The molecule has 0 bridgehead atoms. The Bertz CT molecular complexity index is 314. The Labute approximate surface area is 130 Å². The molecule has 3 nitrogen and oxygen atoms in total. The van der Waals surface area contributed by atoms with Gasteiger partial charge in [0.1, 0.15) is 0 Å². The molecule has 2 aliphatic heterocycles. The first-order chi connectivity index (χ1) is 10.3. The third kappa shape index (κ3) is 4.00. The van der Waals surface area contributed by atoms with Crippen LogP contribution in [0.2, 0.25) is 0 Å². The van der Waals surface area contributed by atoms with Crippen LogP contribution in [0.5, 0.6) is 0 Å². The first-order valence-electron chi connectivity index (χ1n) is 9.30. The van der Waals surface area contributed by atoms with Crippen LogP contribution in [0.15, 0.2) is 0 Å². The molecule has 0 aromatic carbocycles. The van der Waals surface area contributed by atoms with E-state index in [2.05, 4.69) is 12.2 Å². The van der Waals surface area contributed by atoms with Gasteiger partial charge < -0.3 is 14.8 Å². The topological polar surface area (TPSA) is 30.5 Å². The van der Waals surface area contributed by atoms with E-state index in [-0.39, 0.29) is 5.60 Å². The van der Waals surface area contributed by atoms with Gasteiger partial charge in [-0.2, -0.15) is 0 Å². The lowest BCUT2D eigenvalue weighted by atomic mass is 9.82. The average molecular weight is 295 g/mol. The summed E-state index contributed by atoms with van der Waals surface area (Å²) in [5.41, 5.74) is 0.269. The maximum atomic E-state index is 6.56. The normalized spacial score (nSPS) is 36.1. The molecule has 122 valence electrons. The van der Waals surface area contributed by atoms with Crippen LogP contribution in [0.1, 0.15) is 71.1 Å². The number of rotatable bonds is 5. The fraction of sp³-hybridized carbons (Fsp3) is 1.00. The maximum Gasteiger partial charge on any atom is 0.0687 e. The Hall–Kier alpha value is -0.120. The van der Waals surface area contributed by atoms with Gasteiger partial charge >= 0.3 is 0 Å². The van der Waals surface area contributed by atoms with E-state index in [1.807, 2.05) is 0 Å². The Morgan fingerprint density at radius 3 is 2.76 bits per heavy atom. The Balaban J connectivity index is 1.50. The van der Waals surface area contributed by atoms with Gasteiger partial charge in [-0.05, 0) is 51.5 Å². The van der Waals surface area contributed by atoms with Crippen molar-refractivity contribution in [3.63, 3.8) is 0 Å². The number of hydrogen-bond acceptors (Lipinski definition) is 3. The van der Waals surface area contributed by atoms with Crippen LogP contribution in [0.25, 0.3) is 0 Å². The molecule has 1 spiro atoms. The summed E-state index contributed by atoms with van der Waals surface area (Å²) in [6.07, 6.45) is 13.4. The van der Waals surface area contributed by atoms with Crippen LogP contribution in [0.4, 0.5) is 0 Å². The molecule has 2 saturated heterocycles. The van der Waals surface area contributed by atoms with Crippen LogP contribution in [0, 0.1) is 5.92 Å². The quantitative estimate of drug-likeness (QED) is 0.839. The van der Waals surface area contributed by atoms with Gasteiger partial charge in [0.25, 0.3) is 0 Å². The standard InChI is InChI=1S/C18H33NO2/c1-2-11-19-17-7-12-20-14-15(17)13-16-6-10-18(21-16)8-4-3-5-9-18/h15-17,19H,2-14H2,1H3. The van der Waals surface area contributed by atoms with Crippen LogP contribution in [0.3, 0.4) is 0 Å². The summed E-state index contributed by atoms with van der Waals surface area (Å²) >= 11 is 0. The fourth-order valence-corrected chi connectivity index (χ4v) is 4.59. The molecule has 1 aliphatic carbocycles. The predicted molar refractivity (Wildman–Crippen MR) is 85.5 cm³/mol. The molecule has 0 radical (unpaired) electrons. The van der Waals surface area contributed by atoms with Crippen molar-refractivity contribution in [1.82, 2.24) is 5.32 Å². The van der Waals surface area contributed by atoms with Crippen molar-refractivity contribution < 1.29 is 9.47 Å². The van der Waals surface area contributed by atoms with Crippen molar-refractivity contribution >= 4 is 0 Å². The molecule has 3 fully saturated rings. The molecular formula is C18H33NO2. The lowest BCUT2D eigenvalue weighted by Gasteiger charge is -2.36. The van der Waals surface area contributed by atoms with Crippen molar-refractivity contribution in [2.45, 2.75) is 88.9 Å². The van der Waals surface area contributed by atoms with Gasteiger partial charge in [-0.15, -0.1) is 0 Å². The van der Waals surface area contributed by atoms with Crippen LogP contribution in [-0.2, 0) is 9.47 Å². The molecule has 1 saturated carbocycles. The van der Waals surface area contributed by atoms with E-state index in [1.54, 1.807) is 0 Å². The van der Waals surface area contributed by atoms with E-state index in [4.69, 9.17) is 9.47 Å². The van der Waals surface area contributed by atoms with Gasteiger partial charge in [0.2, 0.25) is 0 Å². The third-order valence-corrected chi connectivity index (χ3v) is 5.80. The van der Waals surface area contributed by atoms with Crippen LogP contribution >= 0.6 is 0 Å². The molecule has 3 rings (SSSR count). The lowest BCUT2D eigenvalue weighted by molar-refractivity contribution is -0.0793. The molecule has 3 atom stereocenters. The zero-order chi connectivity index (χ0) is 14.5. The van der Waals surface area contributed by atoms with Crippen LogP contribution in [-0.4, -0.2) is 37.5 Å². The molecule has 1 N–H and O–H groups in total. The second-order valence-electron chi connectivity index (χ2n) is 7.44. The second-order valence-corrected chi connectivity index (χ2v) is 7.44. The van der Waals surface area contributed by atoms with E-state index < -0.39 is 0 Å². The summed E-state index contributed by atoms with van der Waals surface area (Å²) in [4.78, 5) is 0.